The van der Waals surface area contributed by atoms with Crippen molar-refractivity contribution in [3.8, 4) is 5.75 Å². The number of benzene rings is 3. The van der Waals surface area contributed by atoms with Crippen molar-refractivity contribution in [3.63, 3.8) is 0 Å². The van der Waals surface area contributed by atoms with Crippen molar-refractivity contribution in [2.24, 2.45) is 0 Å². The summed E-state index contributed by atoms with van der Waals surface area (Å²) >= 11 is 0. The van der Waals surface area contributed by atoms with Crippen LogP contribution in [0.2, 0.25) is 0 Å². The molecule has 42 heavy (non-hydrogen) atoms. The van der Waals surface area contributed by atoms with Gasteiger partial charge in [-0.3, -0.25) is 14.4 Å². The summed E-state index contributed by atoms with van der Waals surface area (Å²) in [6.07, 6.45) is 0.350. The van der Waals surface area contributed by atoms with E-state index in [1.807, 2.05) is 6.92 Å². The van der Waals surface area contributed by atoms with Gasteiger partial charge in [-0.1, -0.05) is 30.3 Å². The first-order valence-corrected chi connectivity index (χ1v) is 13.8. The molecule has 0 aliphatic carbocycles. The number of hydrogen-bond donors (Lipinski definition) is 1. The van der Waals surface area contributed by atoms with Gasteiger partial charge in [-0.05, 0) is 49.4 Å². The Hall–Kier alpha value is -4.57. The third-order valence-corrected chi connectivity index (χ3v) is 7.19. The van der Waals surface area contributed by atoms with Gasteiger partial charge in [0.2, 0.25) is 5.91 Å². The average molecular weight is 576 g/mol. The molecule has 1 N–H and O–H groups in total. The topological polar surface area (TPSA) is 88.2 Å². The number of carbonyl (C=O) groups excluding carboxylic acids is 3. The second-order valence-corrected chi connectivity index (χ2v) is 9.88. The van der Waals surface area contributed by atoms with Gasteiger partial charge in [-0.25, -0.2) is 8.78 Å². The van der Waals surface area contributed by atoms with Crippen LogP contribution < -0.4 is 15.0 Å². The van der Waals surface area contributed by atoms with Crippen LogP contribution in [-0.2, 0) is 9.53 Å². The maximum Gasteiger partial charge on any atom is 0.275 e. The van der Waals surface area contributed by atoms with Gasteiger partial charge in [0.05, 0.1) is 31.1 Å². The zero-order valence-corrected chi connectivity index (χ0v) is 23.1. The van der Waals surface area contributed by atoms with Gasteiger partial charge in [-0.2, -0.15) is 0 Å². The largest absolute Gasteiger partial charge is 0.493 e. The number of morpholine rings is 1. The molecule has 2 aliphatic rings. The molecule has 8 nitrogen and oxygen atoms in total. The predicted molar refractivity (Wildman–Crippen MR) is 155 cm³/mol. The molecule has 0 unspecified atom stereocenters. The molecule has 1 saturated heterocycles. The number of anilines is 2. The van der Waals surface area contributed by atoms with Crippen LogP contribution in [-0.4, -0.2) is 68.0 Å². The molecule has 0 spiro atoms. The zero-order chi connectivity index (χ0) is 29.7. The van der Waals surface area contributed by atoms with Gasteiger partial charge in [0.15, 0.2) is 0 Å². The minimum atomic E-state index is -3.33. The summed E-state index contributed by atoms with van der Waals surface area (Å²) in [7, 11) is 0. The number of nitrogens with zero attached hydrogens (tertiary/aromatic N) is 2. The molecule has 0 saturated carbocycles. The quantitative estimate of drug-likeness (QED) is 0.405. The zero-order valence-electron chi connectivity index (χ0n) is 23.1. The minimum absolute atomic E-state index is 0.131. The molecule has 0 bridgehead atoms. The molecule has 0 atom stereocenters. The summed E-state index contributed by atoms with van der Waals surface area (Å²) in [6.45, 7) is 3.36. The first kappa shape index (κ1) is 28.9. The lowest BCUT2D eigenvalue weighted by atomic mass is 9.96. The van der Waals surface area contributed by atoms with Crippen molar-refractivity contribution >= 4 is 34.7 Å². The van der Waals surface area contributed by atoms with E-state index in [4.69, 9.17) is 9.47 Å². The smallest absolute Gasteiger partial charge is 0.275 e. The summed E-state index contributed by atoms with van der Waals surface area (Å²) < 4.78 is 41.8. The SMILES string of the molecule is CCOc1ccccc1C(=O)Nc1ccc(C(=O)N2CCC(F)(F)C(=CC(=O)N3CCOCC3)c3ccccc32)cc1. The second kappa shape index (κ2) is 12.5. The molecule has 0 radical (unpaired) electrons. The highest BCUT2D eigenvalue weighted by Gasteiger charge is 2.41. The predicted octanol–water partition coefficient (Wildman–Crippen LogP) is 5.27. The van der Waals surface area contributed by atoms with Crippen molar-refractivity contribution in [1.82, 2.24) is 4.90 Å². The van der Waals surface area contributed by atoms with E-state index in [2.05, 4.69) is 5.32 Å². The number of para-hydroxylation sites is 2. The molecule has 10 heteroatoms. The van der Waals surface area contributed by atoms with E-state index >= 15 is 8.78 Å². The number of alkyl halides is 2. The molecule has 3 amide bonds. The van der Waals surface area contributed by atoms with Gasteiger partial charge in [0.1, 0.15) is 5.75 Å². The Labute approximate surface area is 242 Å². The summed E-state index contributed by atoms with van der Waals surface area (Å²) in [5.74, 6) is -4.23. The number of nitrogens with one attached hydrogen (secondary N) is 1. The maximum atomic E-state index is 15.5. The number of halogens is 2. The lowest BCUT2D eigenvalue weighted by molar-refractivity contribution is -0.130. The van der Waals surface area contributed by atoms with Crippen LogP contribution in [0.5, 0.6) is 5.75 Å². The fourth-order valence-electron chi connectivity index (χ4n) is 5.02. The number of allylic oxidation sites excluding steroid dienone is 1. The Balaban J connectivity index is 1.38. The molecule has 3 aromatic carbocycles. The summed E-state index contributed by atoms with van der Waals surface area (Å²) in [4.78, 5) is 42.2. The Morgan fingerprint density at radius 1 is 0.952 bits per heavy atom. The van der Waals surface area contributed by atoms with Gasteiger partial charge >= 0.3 is 0 Å². The summed E-state index contributed by atoms with van der Waals surface area (Å²) in [5.41, 5.74) is 1.11. The molecule has 2 heterocycles. The van der Waals surface area contributed by atoms with Crippen LogP contribution in [0.15, 0.2) is 78.9 Å². The molecular weight excluding hydrogens is 544 g/mol. The lowest BCUT2D eigenvalue weighted by Crippen LogP contribution is -2.40. The van der Waals surface area contributed by atoms with Gasteiger partial charge < -0.3 is 24.6 Å². The van der Waals surface area contributed by atoms with E-state index in [1.54, 1.807) is 54.6 Å². The van der Waals surface area contributed by atoms with Crippen LogP contribution in [0, 0.1) is 0 Å². The number of carbonyl (C=O) groups is 3. The van der Waals surface area contributed by atoms with E-state index in [-0.39, 0.29) is 23.6 Å². The van der Waals surface area contributed by atoms with Gasteiger partial charge in [0.25, 0.3) is 17.7 Å². The molecule has 3 aromatic rings. The molecule has 2 aliphatic heterocycles. The standard InChI is InChI=1S/C32H31F2N3O5/c1-2-42-28-10-6-4-8-25(28)30(39)35-23-13-11-22(12-14-23)31(40)37-16-15-32(33,34)26(24-7-3-5-9-27(24)37)21-29(38)36-17-19-41-20-18-36/h3-14,21H,2,15-20H2,1H3,(H,35,39). The van der Waals surface area contributed by atoms with E-state index < -0.39 is 29.7 Å². The van der Waals surface area contributed by atoms with E-state index in [0.29, 0.717) is 55.6 Å². The van der Waals surface area contributed by atoms with Crippen molar-refractivity contribution in [2.75, 3.05) is 49.7 Å². The number of ether oxygens (including phenoxy) is 2. The van der Waals surface area contributed by atoms with E-state index in [1.165, 1.54) is 28.0 Å². The van der Waals surface area contributed by atoms with E-state index in [9.17, 15) is 14.4 Å². The van der Waals surface area contributed by atoms with Gasteiger partial charge in [0, 0.05) is 54.5 Å². The van der Waals surface area contributed by atoms with Crippen LogP contribution in [0.4, 0.5) is 20.2 Å². The lowest BCUT2D eigenvalue weighted by Gasteiger charge is -2.27. The first-order valence-electron chi connectivity index (χ1n) is 13.8. The molecule has 5 rings (SSSR count). The van der Waals surface area contributed by atoms with Crippen LogP contribution in [0.25, 0.3) is 5.57 Å². The Morgan fingerprint density at radius 3 is 2.38 bits per heavy atom. The van der Waals surface area contributed by atoms with Crippen molar-refractivity contribution in [1.29, 1.82) is 0 Å². The molecule has 0 aromatic heterocycles. The number of rotatable bonds is 6. The second-order valence-electron chi connectivity index (χ2n) is 9.88. The summed E-state index contributed by atoms with van der Waals surface area (Å²) in [5, 5.41) is 2.80. The van der Waals surface area contributed by atoms with Gasteiger partial charge in [-0.15, -0.1) is 0 Å². The Kier molecular flexibility index (Phi) is 8.63. The van der Waals surface area contributed by atoms with Crippen molar-refractivity contribution < 1.29 is 32.6 Å². The van der Waals surface area contributed by atoms with Crippen molar-refractivity contribution in [3.05, 3.63) is 95.6 Å². The highest BCUT2D eigenvalue weighted by molar-refractivity contribution is 6.10. The minimum Gasteiger partial charge on any atom is -0.493 e. The monoisotopic (exact) mass is 575 g/mol. The summed E-state index contributed by atoms with van der Waals surface area (Å²) in [6, 6.07) is 19.5. The molecule has 1 fully saturated rings. The highest BCUT2D eigenvalue weighted by Crippen LogP contribution is 2.43. The third kappa shape index (κ3) is 6.18. The van der Waals surface area contributed by atoms with Crippen LogP contribution in [0.1, 0.15) is 39.6 Å². The van der Waals surface area contributed by atoms with Crippen LogP contribution in [0.3, 0.4) is 0 Å². The fraction of sp³-hybridized carbons (Fsp3) is 0.281. The molecular formula is C32H31F2N3O5. The van der Waals surface area contributed by atoms with Crippen molar-refractivity contribution in [2.45, 2.75) is 19.3 Å². The van der Waals surface area contributed by atoms with E-state index in [0.717, 1.165) is 6.08 Å². The number of fused-ring (bicyclic) bond motifs is 1. The highest BCUT2D eigenvalue weighted by atomic mass is 19.3. The maximum absolute atomic E-state index is 15.5. The Bertz CT molecular complexity index is 1500. The average Bonchev–Trinajstić information content (AvgIpc) is 3.11. The number of hydrogen-bond acceptors (Lipinski definition) is 5. The third-order valence-electron chi connectivity index (χ3n) is 7.19. The first-order chi connectivity index (χ1) is 20.3. The Morgan fingerprint density at radius 2 is 1.64 bits per heavy atom. The normalized spacial score (nSPS) is 17.3. The molecule has 218 valence electrons. The number of amides is 3. The fourth-order valence-corrected chi connectivity index (χ4v) is 5.02. The van der Waals surface area contributed by atoms with Crippen LogP contribution >= 0.6 is 0 Å².